The van der Waals surface area contributed by atoms with Crippen LogP contribution in [0.5, 0.6) is 5.75 Å². The number of β-amino-alcohol motifs (C(OH)–C–C–N with tert-alkyl or cyclic N) is 1. The summed E-state index contributed by atoms with van der Waals surface area (Å²) in [7, 11) is -4.20. The van der Waals surface area contributed by atoms with E-state index in [0.29, 0.717) is 19.2 Å². The SMILES string of the molecule is Cc1cccc(C)c1OC[C@@H](O)CN1CCN(S(=O)(=O)c2cc(C(F)(F)F)ccc2Cl)CC1. The maximum Gasteiger partial charge on any atom is 0.416 e. The van der Waals surface area contributed by atoms with Gasteiger partial charge in [-0.25, -0.2) is 8.42 Å². The lowest BCUT2D eigenvalue weighted by Gasteiger charge is -2.35. The van der Waals surface area contributed by atoms with Crippen LogP contribution in [0.15, 0.2) is 41.3 Å². The Morgan fingerprint density at radius 1 is 1.09 bits per heavy atom. The first kappa shape index (κ1) is 25.8. The van der Waals surface area contributed by atoms with Crippen LogP contribution >= 0.6 is 11.6 Å². The van der Waals surface area contributed by atoms with Crippen molar-refractivity contribution in [2.75, 3.05) is 39.3 Å². The molecule has 2 aromatic rings. The second-order valence-electron chi connectivity index (χ2n) is 8.03. The number of halogens is 4. The molecule has 1 N–H and O–H groups in total. The summed E-state index contributed by atoms with van der Waals surface area (Å²) in [6.45, 7) is 4.98. The number of hydrogen-bond donors (Lipinski definition) is 1. The van der Waals surface area contributed by atoms with Gasteiger partial charge in [-0.3, -0.25) is 4.90 Å². The molecule has 0 bridgehead atoms. The largest absolute Gasteiger partial charge is 0.490 e. The predicted molar refractivity (Wildman–Crippen MR) is 119 cm³/mol. The second-order valence-corrected chi connectivity index (χ2v) is 10.3. The fourth-order valence-electron chi connectivity index (χ4n) is 3.73. The number of ether oxygens (including phenoxy) is 1. The lowest BCUT2D eigenvalue weighted by molar-refractivity contribution is -0.137. The van der Waals surface area contributed by atoms with Gasteiger partial charge in [0.15, 0.2) is 0 Å². The second kappa shape index (κ2) is 10.2. The standard InChI is InChI=1S/C22H26ClF3N2O4S/c1-15-4-3-5-16(2)21(15)32-14-18(29)13-27-8-10-28(11-9-27)33(30,31)20-12-17(22(24,25)26)6-7-19(20)23/h3-7,12,18,29H,8-11,13-14H2,1-2H3/t18-/m0/s1. The molecule has 0 radical (unpaired) electrons. The summed E-state index contributed by atoms with van der Waals surface area (Å²) in [6, 6.07) is 8.03. The summed E-state index contributed by atoms with van der Waals surface area (Å²) in [5, 5.41) is 10.1. The van der Waals surface area contributed by atoms with Gasteiger partial charge in [-0.15, -0.1) is 0 Å². The third kappa shape index (κ3) is 6.19. The Kier molecular flexibility index (Phi) is 7.95. The van der Waals surface area contributed by atoms with Gasteiger partial charge in [-0.05, 0) is 43.2 Å². The lowest BCUT2D eigenvalue weighted by atomic mass is 10.1. The van der Waals surface area contributed by atoms with E-state index < -0.39 is 32.8 Å². The molecule has 1 aliphatic heterocycles. The van der Waals surface area contributed by atoms with Gasteiger partial charge in [0.1, 0.15) is 23.4 Å². The number of benzene rings is 2. The van der Waals surface area contributed by atoms with Gasteiger partial charge in [0.2, 0.25) is 10.0 Å². The first-order valence-electron chi connectivity index (χ1n) is 10.4. The van der Waals surface area contributed by atoms with Crippen LogP contribution in [0, 0.1) is 13.8 Å². The van der Waals surface area contributed by atoms with Gasteiger partial charge in [0.25, 0.3) is 0 Å². The third-order valence-corrected chi connectivity index (χ3v) is 7.89. The number of alkyl halides is 3. The van der Waals surface area contributed by atoms with Gasteiger partial charge >= 0.3 is 6.18 Å². The minimum absolute atomic E-state index is 0.0688. The average Bonchev–Trinajstić information content (AvgIpc) is 2.73. The molecule has 0 aromatic heterocycles. The zero-order valence-corrected chi connectivity index (χ0v) is 19.8. The molecule has 0 amide bonds. The van der Waals surface area contributed by atoms with Crippen LogP contribution in [-0.2, 0) is 16.2 Å². The summed E-state index contributed by atoms with van der Waals surface area (Å²) in [5.74, 6) is 0.727. The molecule has 33 heavy (non-hydrogen) atoms. The molecule has 11 heteroatoms. The highest BCUT2D eigenvalue weighted by atomic mass is 35.5. The van der Waals surface area contributed by atoms with Crippen molar-refractivity contribution in [2.45, 2.75) is 31.0 Å². The number of aryl methyl sites for hydroxylation is 2. The number of nitrogens with zero attached hydrogens (tertiary/aromatic N) is 2. The maximum absolute atomic E-state index is 13.0. The molecule has 0 aliphatic carbocycles. The number of aliphatic hydroxyl groups is 1. The minimum atomic E-state index is -4.68. The molecule has 3 rings (SSSR count). The van der Waals surface area contributed by atoms with Crippen LogP contribution in [0.25, 0.3) is 0 Å². The van der Waals surface area contributed by atoms with E-state index in [4.69, 9.17) is 16.3 Å². The van der Waals surface area contributed by atoms with E-state index in [0.717, 1.165) is 33.3 Å². The number of aliphatic hydroxyl groups excluding tert-OH is 1. The van der Waals surface area contributed by atoms with Gasteiger partial charge in [0, 0.05) is 32.7 Å². The molecule has 1 fully saturated rings. The molecule has 2 aromatic carbocycles. The Morgan fingerprint density at radius 3 is 2.27 bits per heavy atom. The molecule has 0 saturated carbocycles. The van der Waals surface area contributed by atoms with Crippen molar-refractivity contribution in [1.82, 2.24) is 9.21 Å². The van der Waals surface area contributed by atoms with Gasteiger partial charge in [-0.1, -0.05) is 29.8 Å². The molecular formula is C22H26ClF3N2O4S. The monoisotopic (exact) mass is 506 g/mol. The Balaban J connectivity index is 1.58. The molecule has 1 saturated heterocycles. The van der Waals surface area contributed by atoms with Gasteiger partial charge < -0.3 is 9.84 Å². The Labute approximate surface area is 196 Å². The molecule has 6 nitrogen and oxygen atoms in total. The lowest BCUT2D eigenvalue weighted by Crippen LogP contribution is -2.50. The summed E-state index contributed by atoms with van der Waals surface area (Å²) >= 11 is 5.92. The Bertz CT molecular complexity index is 1070. The highest BCUT2D eigenvalue weighted by Gasteiger charge is 2.35. The van der Waals surface area contributed by atoms with E-state index in [1.54, 1.807) is 0 Å². The number of para-hydroxylation sites is 1. The van der Waals surface area contributed by atoms with Crippen LogP contribution in [0.4, 0.5) is 13.2 Å². The first-order valence-corrected chi connectivity index (χ1v) is 12.2. The van der Waals surface area contributed by atoms with E-state index in [9.17, 15) is 26.7 Å². The van der Waals surface area contributed by atoms with Crippen LogP contribution in [0.1, 0.15) is 16.7 Å². The quantitative estimate of drug-likeness (QED) is 0.620. The fraction of sp³-hybridized carbons (Fsp3) is 0.455. The predicted octanol–water partition coefficient (Wildman–Crippen LogP) is 3.72. The maximum atomic E-state index is 13.0. The normalized spacial score (nSPS) is 17.2. The van der Waals surface area contributed by atoms with Crippen LogP contribution < -0.4 is 4.74 Å². The van der Waals surface area contributed by atoms with Crippen molar-refractivity contribution in [1.29, 1.82) is 0 Å². The van der Waals surface area contributed by atoms with Crippen LogP contribution in [0.2, 0.25) is 5.02 Å². The Hall–Kier alpha value is -1.85. The summed E-state index contributed by atoms with van der Waals surface area (Å²) in [5.41, 5.74) is 0.861. The zero-order chi connectivity index (χ0) is 24.4. The van der Waals surface area contributed by atoms with Crippen molar-refractivity contribution in [2.24, 2.45) is 0 Å². The molecule has 1 aliphatic rings. The topological polar surface area (TPSA) is 70.1 Å². The van der Waals surface area contributed by atoms with E-state index in [1.807, 2.05) is 36.9 Å². The van der Waals surface area contributed by atoms with Crippen molar-refractivity contribution >= 4 is 21.6 Å². The average molecular weight is 507 g/mol. The van der Waals surface area contributed by atoms with Crippen molar-refractivity contribution in [3.05, 3.63) is 58.1 Å². The van der Waals surface area contributed by atoms with Crippen molar-refractivity contribution in [3.63, 3.8) is 0 Å². The third-order valence-electron chi connectivity index (χ3n) is 5.51. The van der Waals surface area contributed by atoms with Crippen LogP contribution in [0.3, 0.4) is 0 Å². The first-order chi connectivity index (χ1) is 15.4. The number of piperazine rings is 1. The summed E-state index contributed by atoms with van der Waals surface area (Å²) in [6.07, 6.45) is -5.46. The van der Waals surface area contributed by atoms with E-state index in [2.05, 4.69) is 0 Å². The summed E-state index contributed by atoms with van der Waals surface area (Å²) < 4.78 is 71.8. The minimum Gasteiger partial charge on any atom is -0.490 e. The van der Waals surface area contributed by atoms with Crippen LogP contribution in [-0.4, -0.2) is 68.2 Å². The molecule has 1 atom stereocenters. The van der Waals surface area contributed by atoms with Crippen molar-refractivity contribution in [3.8, 4) is 5.75 Å². The molecule has 182 valence electrons. The Morgan fingerprint density at radius 2 is 1.70 bits per heavy atom. The number of hydrogen-bond acceptors (Lipinski definition) is 5. The molecule has 1 heterocycles. The molecule has 0 spiro atoms. The van der Waals surface area contributed by atoms with E-state index in [-0.39, 0.29) is 31.3 Å². The molecular weight excluding hydrogens is 481 g/mol. The van der Waals surface area contributed by atoms with Crippen molar-refractivity contribution < 1.29 is 31.4 Å². The van der Waals surface area contributed by atoms with E-state index in [1.165, 1.54) is 0 Å². The number of rotatable bonds is 7. The number of sulfonamides is 1. The van der Waals surface area contributed by atoms with Gasteiger partial charge in [-0.2, -0.15) is 17.5 Å². The summed E-state index contributed by atoms with van der Waals surface area (Å²) in [4.78, 5) is 1.33. The zero-order valence-electron chi connectivity index (χ0n) is 18.3. The van der Waals surface area contributed by atoms with E-state index >= 15 is 0 Å². The fourth-order valence-corrected chi connectivity index (χ4v) is 5.65. The highest BCUT2D eigenvalue weighted by Crippen LogP contribution is 2.34. The molecule has 0 unspecified atom stereocenters. The van der Waals surface area contributed by atoms with Gasteiger partial charge in [0.05, 0.1) is 10.6 Å². The highest BCUT2D eigenvalue weighted by molar-refractivity contribution is 7.89. The smallest absolute Gasteiger partial charge is 0.416 e.